The fourth-order valence-corrected chi connectivity index (χ4v) is 2.37. The number of aliphatic hydroxyl groups excluding tert-OH is 1. The van der Waals surface area contributed by atoms with Crippen LogP contribution >= 0.6 is 0 Å². The maximum Gasteiger partial charge on any atom is 0.335 e. The predicted molar refractivity (Wildman–Crippen MR) is 94.2 cm³/mol. The molecule has 0 unspecified atom stereocenters. The van der Waals surface area contributed by atoms with Gasteiger partial charge in [-0.2, -0.15) is 0 Å². The summed E-state index contributed by atoms with van der Waals surface area (Å²) in [4.78, 5) is 24.9. The Morgan fingerprint density at radius 1 is 0.960 bits per heavy atom. The molecule has 0 bridgehead atoms. The van der Waals surface area contributed by atoms with Gasteiger partial charge in [0, 0.05) is 26.2 Å². The van der Waals surface area contributed by atoms with Crippen LogP contribution in [0.5, 0.6) is 0 Å². The minimum atomic E-state index is -0.978. The van der Waals surface area contributed by atoms with E-state index in [1.165, 1.54) is 12.1 Å². The average Bonchev–Trinajstić information content (AvgIpc) is 2.64. The Hall–Kier alpha value is -2.86. The Morgan fingerprint density at radius 2 is 1.64 bits per heavy atom. The summed E-state index contributed by atoms with van der Waals surface area (Å²) in [6.07, 6.45) is 0.508. The van der Waals surface area contributed by atoms with Crippen molar-refractivity contribution in [3.05, 3.63) is 71.3 Å². The second-order valence-corrected chi connectivity index (χ2v) is 5.65. The molecule has 2 amide bonds. The molecule has 0 aliphatic heterocycles. The Balaban J connectivity index is 1.95. The number of carboxylic acid groups (broad SMARTS) is 1. The van der Waals surface area contributed by atoms with Gasteiger partial charge < -0.3 is 20.4 Å². The van der Waals surface area contributed by atoms with Crippen molar-refractivity contribution in [3.63, 3.8) is 0 Å². The molecule has 132 valence electrons. The third-order valence-corrected chi connectivity index (χ3v) is 3.73. The molecule has 0 aliphatic rings. The minimum absolute atomic E-state index is 0.0230. The first-order chi connectivity index (χ1) is 12.1. The summed E-state index contributed by atoms with van der Waals surface area (Å²) in [5, 5.41) is 20.8. The number of urea groups is 1. The van der Waals surface area contributed by atoms with Crippen molar-refractivity contribution in [1.82, 2.24) is 10.2 Å². The van der Waals surface area contributed by atoms with E-state index in [0.717, 1.165) is 11.1 Å². The van der Waals surface area contributed by atoms with Crippen LogP contribution in [0.1, 0.15) is 27.9 Å². The number of nitrogens with one attached hydrogen (secondary N) is 1. The molecule has 6 heteroatoms. The van der Waals surface area contributed by atoms with Gasteiger partial charge in [0.1, 0.15) is 0 Å². The van der Waals surface area contributed by atoms with Gasteiger partial charge in [-0.25, -0.2) is 9.59 Å². The molecule has 6 nitrogen and oxygen atoms in total. The van der Waals surface area contributed by atoms with Gasteiger partial charge in [0.05, 0.1) is 5.56 Å². The maximum atomic E-state index is 12.4. The molecular formula is C19H22N2O4. The highest BCUT2D eigenvalue weighted by atomic mass is 16.4. The number of aliphatic hydroxyl groups is 1. The summed E-state index contributed by atoms with van der Waals surface area (Å²) >= 11 is 0. The van der Waals surface area contributed by atoms with Crippen LogP contribution in [0.2, 0.25) is 0 Å². The van der Waals surface area contributed by atoms with Gasteiger partial charge in [-0.15, -0.1) is 0 Å². The zero-order chi connectivity index (χ0) is 18.1. The van der Waals surface area contributed by atoms with Gasteiger partial charge >= 0.3 is 12.0 Å². The van der Waals surface area contributed by atoms with E-state index in [0.29, 0.717) is 26.1 Å². The van der Waals surface area contributed by atoms with E-state index in [4.69, 9.17) is 10.2 Å². The van der Waals surface area contributed by atoms with E-state index in [-0.39, 0.29) is 18.2 Å². The third-order valence-electron chi connectivity index (χ3n) is 3.73. The normalized spacial score (nSPS) is 10.3. The Kier molecular flexibility index (Phi) is 6.98. The van der Waals surface area contributed by atoms with Crippen LogP contribution in [-0.2, 0) is 13.1 Å². The minimum Gasteiger partial charge on any atom is -0.478 e. The molecule has 2 aromatic rings. The van der Waals surface area contributed by atoms with Gasteiger partial charge in [0.2, 0.25) is 0 Å². The molecular weight excluding hydrogens is 320 g/mol. The number of rotatable bonds is 8. The lowest BCUT2D eigenvalue weighted by Gasteiger charge is -2.23. The van der Waals surface area contributed by atoms with Crippen molar-refractivity contribution in [3.8, 4) is 0 Å². The van der Waals surface area contributed by atoms with E-state index in [9.17, 15) is 9.59 Å². The maximum absolute atomic E-state index is 12.4. The zero-order valence-corrected chi connectivity index (χ0v) is 13.9. The van der Waals surface area contributed by atoms with Crippen molar-refractivity contribution >= 4 is 12.0 Å². The lowest BCUT2D eigenvalue weighted by atomic mass is 10.1. The van der Waals surface area contributed by atoms with Gasteiger partial charge in [0.25, 0.3) is 0 Å². The van der Waals surface area contributed by atoms with Crippen molar-refractivity contribution in [2.45, 2.75) is 19.5 Å². The monoisotopic (exact) mass is 342 g/mol. The van der Waals surface area contributed by atoms with Gasteiger partial charge in [0.15, 0.2) is 0 Å². The summed E-state index contributed by atoms with van der Waals surface area (Å²) in [7, 11) is 0. The van der Waals surface area contributed by atoms with Crippen LogP contribution in [0.3, 0.4) is 0 Å². The van der Waals surface area contributed by atoms with E-state index < -0.39 is 5.97 Å². The third kappa shape index (κ3) is 5.93. The predicted octanol–water partition coefficient (Wildman–Crippen LogP) is 2.48. The molecule has 0 saturated heterocycles. The molecule has 0 aliphatic carbocycles. The second-order valence-electron chi connectivity index (χ2n) is 5.65. The number of carbonyl (C=O) groups excluding carboxylic acids is 1. The zero-order valence-electron chi connectivity index (χ0n) is 13.9. The number of amides is 2. The number of aromatic carboxylic acids is 1. The Morgan fingerprint density at radius 3 is 2.24 bits per heavy atom. The van der Waals surface area contributed by atoms with Crippen molar-refractivity contribution in [2.75, 3.05) is 13.2 Å². The Labute approximate surface area is 146 Å². The largest absolute Gasteiger partial charge is 0.478 e. The van der Waals surface area contributed by atoms with Crippen molar-refractivity contribution < 1.29 is 19.8 Å². The van der Waals surface area contributed by atoms with Gasteiger partial charge in [-0.05, 0) is 29.7 Å². The number of carboxylic acids is 1. The Bertz CT molecular complexity index is 686. The molecule has 2 aromatic carbocycles. The molecule has 0 heterocycles. The van der Waals surface area contributed by atoms with E-state index >= 15 is 0 Å². The number of benzene rings is 2. The quantitative estimate of drug-likeness (QED) is 0.687. The van der Waals surface area contributed by atoms with Crippen LogP contribution in [-0.4, -0.2) is 40.3 Å². The smallest absolute Gasteiger partial charge is 0.335 e. The summed E-state index contributed by atoms with van der Waals surface area (Å²) in [6, 6.07) is 15.8. The van der Waals surface area contributed by atoms with Crippen LogP contribution in [0.15, 0.2) is 54.6 Å². The topological polar surface area (TPSA) is 89.9 Å². The van der Waals surface area contributed by atoms with E-state index in [1.54, 1.807) is 17.0 Å². The summed E-state index contributed by atoms with van der Waals surface area (Å²) in [5.41, 5.74) is 2.05. The molecule has 0 fully saturated rings. The fraction of sp³-hybridized carbons (Fsp3) is 0.263. The number of nitrogens with zero attached hydrogens (tertiary/aromatic N) is 1. The van der Waals surface area contributed by atoms with Crippen molar-refractivity contribution in [2.24, 2.45) is 0 Å². The number of hydrogen-bond donors (Lipinski definition) is 3. The molecule has 0 aromatic heterocycles. The summed E-state index contributed by atoms with van der Waals surface area (Å²) < 4.78 is 0. The highest BCUT2D eigenvalue weighted by Gasteiger charge is 2.13. The molecule has 0 saturated carbocycles. The van der Waals surface area contributed by atoms with Crippen LogP contribution < -0.4 is 5.32 Å². The SMILES string of the molecule is O=C(O)c1ccc(CNC(=O)N(CCCO)Cc2ccccc2)cc1. The highest BCUT2D eigenvalue weighted by Crippen LogP contribution is 2.07. The fourth-order valence-electron chi connectivity index (χ4n) is 2.37. The van der Waals surface area contributed by atoms with Crippen LogP contribution in [0, 0.1) is 0 Å². The number of hydrogen-bond acceptors (Lipinski definition) is 3. The van der Waals surface area contributed by atoms with Crippen molar-refractivity contribution in [1.29, 1.82) is 0 Å². The summed E-state index contributed by atoms with van der Waals surface area (Å²) in [5.74, 6) is -0.978. The molecule has 0 radical (unpaired) electrons. The molecule has 0 atom stereocenters. The van der Waals surface area contributed by atoms with Crippen LogP contribution in [0.4, 0.5) is 4.79 Å². The second kappa shape index (κ2) is 9.44. The first-order valence-electron chi connectivity index (χ1n) is 8.10. The van der Waals surface area contributed by atoms with E-state index in [2.05, 4.69) is 5.32 Å². The van der Waals surface area contributed by atoms with Crippen LogP contribution in [0.25, 0.3) is 0 Å². The summed E-state index contributed by atoms with van der Waals surface area (Å²) in [6.45, 7) is 1.25. The van der Waals surface area contributed by atoms with Gasteiger partial charge in [-0.1, -0.05) is 42.5 Å². The molecule has 25 heavy (non-hydrogen) atoms. The molecule has 2 rings (SSSR count). The first-order valence-corrected chi connectivity index (χ1v) is 8.10. The molecule has 0 spiro atoms. The lowest BCUT2D eigenvalue weighted by Crippen LogP contribution is -2.40. The lowest BCUT2D eigenvalue weighted by molar-refractivity contribution is 0.0697. The number of carbonyl (C=O) groups is 2. The molecule has 3 N–H and O–H groups in total. The standard InChI is InChI=1S/C19H22N2O4/c22-12-4-11-21(14-16-5-2-1-3-6-16)19(25)20-13-15-7-9-17(10-8-15)18(23)24/h1-3,5-10,22H,4,11-14H2,(H,20,25)(H,23,24). The van der Waals surface area contributed by atoms with E-state index in [1.807, 2.05) is 30.3 Å². The average molecular weight is 342 g/mol. The van der Waals surface area contributed by atoms with Gasteiger partial charge in [-0.3, -0.25) is 0 Å². The first kappa shape index (κ1) is 18.5. The highest BCUT2D eigenvalue weighted by molar-refractivity contribution is 5.87.